The molecule has 106 valence electrons. The molecule has 0 spiro atoms. The Morgan fingerprint density at radius 1 is 0.810 bits per heavy atom. The van der Waals surface area contributed by atoms with E-state index in [4.69, 9.17) is 20.4 Å². The second-order valence-electron chi connectivity index (χ2n) is 3.66. The van der Waals surface area contributed by atoms with Crippen LogP contribution in [0.25, 0.3) is 0 Å². The lowest BCUT2D eigenvalue weighted by Crippen LogP contribution is -2.02. The number of rotatable bonds is 3. The van der Waals surface area contributed by atoms with Crippen molar-refractivity contribution < 1.29 is 14.4 Å². The molecule has 5 heteroatoms. The maximum atomic E-state index is 11.8. The Labute approximate surface area is 122 Å². The van der Waals surface area contributed by atoms with E-state index < -0.39 is 0 Å². The van der Waals surface area contributed by atoms with E-state index in [2.05, 4.69) is 0 Å². The summed E-state index contributed by atoms with van der Waals surface area (Å²) in [7, 11) is 0. The molecule has 0 aliphatic carbocycles. The van der Waals surface area contributed by atoms with Crippen molar-refractivity contribution in [3.8, 4) is 0 Å². The lowest BCUT2D eigenvalue weighted by molar-refractivity contribution is 0.0993. The molecule has 2 rings (SSSR count). The molecule has 2 N–H and O–H groups in total. The largest absolute Gasteiger partial charge is 0.294 e. The van der Waals surface area contributed by atoms with Gasteiger partial charge >= 0.3 is 0 Å². The van der Waals surface area contributed by atoms with Crippen molar-refractivity contribution in [3.05, 3.63) is 71.8 Å². The predicted octanol–water partition coefficient (Wildman–Crippen LogP) is 2.91. The standard InChI is InChI=1S/C14H12O.2CHNO/c15-14(13-9-5-2-6-10-13)11-12-7-3-1-4-8-12;2*2-1-3/h1-10H,11H2;2*2H. The molecule has 0 saturated heterocycles. The summed E-state index contributed by atoms with van der Waals surface area (Å²) in [4.78, 5) is 28.5. The normalized spacial score (nSPS) is 7.81. The molecule has 0 amide bonds. The number of nitrogens with one attached hydrogen (secondary N) is 2. The SMILES string of the molecule is N=C=O.N=C=O.O=C(Cc1ccccc1)c1ccccc1. The molecule has 0 saturated carbocycles. The molecule has 0 aromatic heterocycles. The van der Waals surface area contributed by atoms with Gasteiger partial charge in [0.25, 0.3) is 0 Å². The van der Waals surface area contributed by atoms with Gasteiger partial charge in [-0.05, 0) is 5.56 Å². The van der Waals surface area contributed by atoms with Gasteiger partial charge in [0.2, 0.25) is 12.2 Å². The van der Waals surface area contributed by atoms with Crippen molar-refractivity contribution in [2.24, 2.45) is 0 Å². The molecule has 0 heterocycles. The average Bonchev–Trinajstić information content (AvgIpc) is 2.51. The fourth-order valence-electron chi connectivity index (χ4n) is 1.51. The molecule has 0 aliphatic rings. The van der Waals surface area contributed by atoms with Gasteiger partial charge in [-0.3, -0.25) is 4.79 Å². The van der Waals surface area contributed by atoms with E-state index in [0.29, 0.717) is 6.42 Å². The Bertz CT molecular complexity index is 586. The highest BCUT2D eigenvalue weighted by Gasteiger charge is 2.05. The van der Waals surface area contributed by atoms with Crippen LogP contribution in [-0.4, -0.2) is 17.9 Å². The van der Waals surface area contributed by atoms with Gasteiger partial charge in [0, 0.05) is 12.0 Å². The summed E-state index contributed by atoms with van der Waals surface area (Å²) in [6.45, 7) is 0. The van der Waals surface area contributed by atoms with E-state index in [9.17, 15) is 4.79 Å². The first-order chi connectivity index (χ1) is 10.2. The van der Waals surface area contributed by atoms with Crippen LogP contribution in [0.5, 0.6) is 0 Å². The predicted molar refractivity (Wildman–Crippen MR) is 77.7 cm³/mol. The van der Waals surface area contributed by atoms with Gasteiger partial charge in [-0.2, -0.15) is 0 Å². The van der Waals surface area contributed by atoms with Crippen LogP contribution in [0.4, 0.5) is 0 Å². The smallest absolute Gasteiger partial charge is 0.231 e. The number of carbonyl (C=O) groups is 1. The van der Waals surface area contributed by atoms with Gasteiger partial charge < -0.3 is 0 Å². The van der Waals surface area contributed by atoms with Gasteiger partial charge in [0.15, 0.2) is 5.78 Å². The van der Waals surface area contributed by atoms with Crippen LogP contribution in [0, 0.1) is 10.8 Å². The number of hydrogen-bond acceptors (Lipinski definition) is 5. The average molecular weight is 282 g/mol. The first-order valence-corrected chi connectivity index (χ1v) is 5.89. The lowest BCUT2D eigenvalue weighted by Gasteiger charge is -2.00. The van der Waals surface area contributed by atoms with E-state index in [0.717, 1.165) is 23.3 Å². The molecule has 0 atom stereocenters. The Balaban J connectivity index is 0.000000578. The van der Waals surface area contributed by atoms with Crippen LogP contribution in [0.2, 0.25) is 0 Å². The first-order valence-electron chi connectivity index (χ1n) is 5.89. The monoisotopic (exact) mass is 282 g/mol. The molecule has 0 aliphatic heterocycles. The van der Waals surface area contributed by atoms with E-state index in [1.54, 1.807) is 0 Å². The zero-order valence-electron chi connectivity index (χ0n) is 11.2. The van der Waals surface area contributed by atoms with Crippen molar-refractivity contribution in [2.45, 2.75) is 6.42 Å². The summed E-state index contributed by atoms with van der Waals surface area (Å²) >= 11 is 0. The molecule has 0 unspecified atom stereocenters. The molecule has 0 bridgehead atoms. The van der Waals surface area contributed by atoms with Crippen molar-refractivity contribution in [1.29, 1.82) is 10.8 Å². The van der Waals surface area contributed by atoms with Crippen LogP contribution < -0.4 is 0 Å². The highest BCUT2D eigenvalue weighted by Crippen LogP contribution is 2.06. The molecule has 21 heavy (non-hydrogen) atoms. The Morgan fingerprint density at radius 3 is 1.62 bits per heavy atom. The molecule has 0 fully saturated rings. The number of carbonyl (C=O) groups excluding carboxylic acids is 3. The quantitative estimate of drug-likeness (QED) is 0.514. The summed E-state index contributed by atoms with van der Waals surface area (Å²) in [6.07, 6.45) is 1.98. The molecular weight excluding hydrogens is 268 g/mol. The molecule has 2 aromatic rings. The fourth-order valence-corrected chi connectivity index (χ4v) is 1.51. The summed E-state index contributed by atoms with van der Waals surface area (Å²) in [5, 5.41) is 10.8. The third kappa shape index (κ3) is 8.56. The van der Waals surface area contributed by atoms with Crippen LogP contribution in [-0.2, 0) is 16.0 Å². The summed E-state index contributed by atoms with van der Waals surface area (Å²) < 4.78 is 0. The third-order valence-electron chi connectivity index (χ3n) is 2.30. The van der Waals surface area contributed by atoms with Crippen LogP contribution in [0.1, 0.15) is 15.9 Å². The van der Waals surface area contributed by atoms with E-state index in [1.807, 2.05) is 60.7 Å². The maximum absolute atomic E-state index is 11.8. The van der Waals surface area contributed by atoms with Crippen molar-refractivity contribution in [3.63, 3.8) is 0 Å². The topological polar surface area (TPSA) is 98.9 Å². The number of Topliss-reactive ketones (excluding diaryl/α,β-unsaturated/α-hetero) is 1. The maximum Gasteiger partial charge on any atom is 0.231 e. The van der Waals surface area contributed by atoms with Crippen LogP contribution in [0.3, 0.4) is 0 Å². The minimum absolute atomic E-state index is 0.168. The van der Waals surface area contributed by atoms with Crippen LogP contribution in [0.15, 0.2) is 60.7 Å². The number of benzene rings is 2. The Morgan fingerprint density at radius 2 is 1.19 bits per heavy atom. The fraction of sp³-hybridized carbons (Fsp3) is 0.0625. The first kappa shape index (κ1) is 17.9. The molecule has 5 nitrogen and oxygen atoms in total. The zero-order chi connectivity index (χ0) is 15.9. The minimum atomic E-state index is 0.168. The van der Waals surface area contributed by atoms with Crippen molar-refractivity contribution in [1.82, 2.24) is 0 Å². The highest BCUT2D eigenvalue weighted by atomic mass is 16.1. The van der Waals surface area contributed by atoms with Gasteiger partial charge in [0.05, 0.1) is 0 Å². The second-order valence-corrected chi connectivity index (χ2v) is 3.66. The van der Waals surface area contributed by atoms with E-state index in [1.165, 1.54) is 0 Å². The van der Waals surface area contributed by atoms with Crippen molar-refractivity contribution >= 4 is 17.9 Å². The van der Waals surface area contributed by atoms with Gasteiger partial charge in [0.1, 0.15) is 0 Å². The summed E-state index contributed by atoms with van der Waals surface area (Å²) in [5.41, 5.74) is 1.84. The Hall–Kier alpha value is -3.13. The number of isocyanates is 2. The highest BCUT2D eigenvalue weighted by molar-refractivity contribution is 5.97. The third-order valence-corrected chi connectivity index (χ3v) is 2.30. The molecule has 2 aromatic carbocycles. The molecular formula is C16H14N2O3. The van der Waals surface area contributed by atoms with E-state index >= 15 is 0 Å². The van der Waals surface area contributed by atoms with Gasteiger partial charge in [-0.25, -0.2) is 20.4 Å². The number of hydrogen-bond donors (Lipinski definition) is 2. The summed E-state index contributed by atoms with van der Waals surface area (Å²) in [6, 6.07) is 19.2. The molecule has 0 radical (unpaired) electrons. The lowest BCUT2D eigenvalue weighted by atomic mass is 10.0. The Kier molecular flexibility index (Phi) is 10.2. The van der Waals surface area contributed by atoms with Gasteiger partial charge in [-0.1, -0.05) is 60.7 Å². The summed E-state index contributed by atoms with van der Waals surface area (Å²) in [5.74, 6) is 0.168. The van der Waals surface area contributed by atoms with Crippen LogP contribution >= 0.6 is 0 Å². The number of ketones is 1. The van der Waals surface area contributed by atoms with Gasteiger partial charge in [-0.15, -0.1) is 0 Å². The van der Waals surface area contributed by atoms with E-state index in [-0.39, 0.29) is 5.78 Å². The zero-order valence-corrected chi connectivity index (χ0v) is 11.2. The van der Waals surface area contributed by atoms with Crippen molar-refractivity contribution in [2.75, 3.05) is 0 Å². The minimum Gasteiger partial charge on any atom is -0.294 e. The second kappa shape index (κ2) is 11.9.